The maximum absolute atomic E-state index is 12.4. The number of carbonyl (C=O) groups excluding carboxylic acids is 1. The van der Waals surface area contributed by atoms with Gasteiger partial charge < -0.3 is 19.5 Å². The Hall–Kier alpha value is -1.40. The van der Waals surface area contributed by atoms with Crippen LogP contribution in [0.15, 0.2) is 10.6 Å². The van der Waals surface area contributed by atoms with Gasteiger partial charge in [-0.3, -0.25) is 4.79 Å². The Balaban J connectivity index is 1.29. The predicted molar refractivity (Wildman–Crippen MR) is 88.9 cm³/mol. The summed E-state index contributed by atoms with van der Waals surface area (Å²) < 4.78 is 10.7. The fourth-order valence-electron chi connectivity index (χ4n) is 3.90. The van der Waals surface area contributed by atoms with E-state index in [9.17, 15) is 4.79 Å². The van der Waals surface area contributed by atoms with E-state index in [2.05, 4.69) is 22.3 Å². The second kappa shape index (κ2) is 6.84. The first-order valence-electron chi connectivity index (χ1n) is 9.26. The molecule has 3 heterocycles. The predicted octanol–water partition coefficient (Wildman–Crippen LogP) is 2.03. The summed E-state index contributed by atoms with van der Waals surface area (Å²) in [6, 6.07) is 2.00. The molecule has 2 aliphatic heterocycles. The lowest BCUT2D eigenvalue weighted by Gasteiger charge is -2.26. The topological polar surface area (TPSA) is 67.6 Å². The first-order chi connectivity index (χ1) is 11.7. The summed E-state index contributed by atoms with van der Waals surface area (Å²) in [4.78, 5) is 14.9. The zero-order chi connectivity index (χ0) is 16.5. The molecule has 3 aliphatic rings. The summed E-state index contributed by atoms with van der Waals surface area (Å²) in [5.41, 5.74) is 0.423. The highest BCUT2D eigenvalue weighted by atomic mass is 16.5. The molecule has 2 saturated heterocycles. The third-order valence-electron chi connectivity index (χ3n) is 5.60. The summed E-state index contributed by atoms with van der Waals surface area (Å²) in [7, 11) is 0. The van der Waals surface area contributed by atoms with Crippen molar-refractivity contribution in [3.63, 3.8) is 0 Å². The summed E-state index contributed by atoms with van der Waals surface area (Å²) >= 11 is 0. The number of aromatic nitrogens is 1. The maximum atomic E-state index is 12.4. The molecule has 4 rings (SSSR count). The molecule has 0 unspecified atom stereocenters. The first-order valence-corrected chi connectivity index (χ1v) is 9.26. The van der Waals surface area contributed by atoms with Crippen molar-refractivity contribution in [2.45, 2.75) is 44.6 Å². The number of amides is 1. The minimum Gasteiger partial charge on any atom is -0.381 e. The van der Waals surface area contributed by atoms with Crippen LogP contribution in [0.25, 0.3) is 0 Å². The molecular weight excluding hydrogens is 306 g/mol. The van der Waals surface area contributed by atoms with Gasteiger partial charge in [-0.15, -0.1) is 0 Å². The monoisotopic (exact) mass is 333 g/mol. The molecule has 3 fully saturated rings. The van der Waals surface area contributed by atoms with Gasteiger partial charge in [0.2, 0.25) is 0 Å². The van der Waals surface area contributed by atoms with E-state index in [0.29, 0.717) is 17.5 Å². The van der Waals surface area contributed by atoms with Gasteiger partial charge in [-0.05, 0) is 37.5 Å². The Morgan fingerprint density at radius 3 is 2.83 bits per heavy atom. The highest BCUT2D eigenvalue weighted by molar-refractivity contribution is 5.92. The van der Waals surface area contributed by atoms with Gasteiger partial charge in [0.25, 0.3) is 5.91 Å². The van der Waals surface area contributed by atoms with E-state index in [-0.39, 0.29) is 11.9 Å². The number of ether oxygens (including phenoxy) is 1. The maximum Gasteiger partial charge on any atom is 0.273 e. The minimum absolute atomic E-state index is 0.101. The molecule has 1 aromatic heterocycles. The average molecular weight is 333 g/mol. The highest BCUT2D eigenvalue weighted by Crippen LogP contribution is 2.40. The molecule has 1 aliphatic carbocycles. The fourth-order valence-corrected chi connectivity index (χ4v) is 3.90. The van der Waals surface area contributed by atoms with Crippen LogP contribution in [0, 0.1) is 11.8 Å². The molecule has 0 spiro atoms. The molecule has 1 saturated carbocycles. The van der Waals surface area contributed by atoms with Gasteiger partial charge in [0.15, 0.2) is 5.69 Å². The standard InChI is InChI=1S/C18H27N3O3/c1-12-9-21(10-13-4-6-23-7-5-13)11-16(12)19-18(22)15-8-17(24-20-15)14-2-3-14/h8,12-14,16H,2-7,9-11H2,1H3,(H,19,22)/t12-,16+/m0/s1. The molecule has 6 heteroatoms. The van der Waals surface area contributed by atoms with Crippen molar-refractivity contribution in [1.82, 2.24) is 15.4 Å². The van der Waals surface area contributed by atoms with Gasteiger partial charge in [-0.1, -0.05) is 12.1 Å². The Bertz CT molecular complexity index is 578. The van der Waals surface area contributed by atoms with Crippen molar-refractivity contribution >= 4 is 5.91 Å². The molecule has 24 heavy (non-hydrogen) atoms. The van der Waals surface area contributed by atoms with Gasteiger partial charge >= 0.3 is 0 Å². The van der Waals surface area contributed by atoms with Crippen molar-refractivity contribution in [1.29, 1.82) is 0 Å². The molecule has 0 aromatic carbocycles. The SMILES string of the molecule is C[C@H]1CN(CC2CCOCC2)C[C@H]1NC(=O)c1cc(C2CC2)on1. The molecule has 1 N–H and O–H groups in total. The van der Waals surface area contributed by atoms with Crippen molar-refractivity contribution in [2.24, 2.45) is 11.8 Å². The second-order valence-corrected chi connectivity index (χ2v) is 7.72. The number of hydrogen-bond acceptors (Lipinski definition) is 5. The van der Waals surface area contributed by atoms with Crippen molar-refractivity contribution < 1.29 is 14.1 Å². The van der Waals surface area contributed by atoms with E-state index in [1.54, 1.807) is 0 Å². The van der Waals surface area contributed by atoms with E-state index in [1.807, 2.05) is 6.07 Å². The van der Waals surface area contributed by atoms with E-state index >= 15 is 0 Å². The molecule has 0 bridgehead atoms. The van der Waals surface area contributed by atoms with Gasteiger partial charge in [0.1, 0.15) is 5.76 Å². The molecule has 1 aromatic rings. The molecule has 0 radical (unpaired) electrons. The number of hydrogen-bond donors (Lipinski definition) is 1. The number of carbonyl (C=O) groups is 1. The van der Waals surface area contributed by atoms with Crippen LogP contribution >= 0.6 is 0 Å². The Morgan fingerprint density at radius 1 is 1.29 bits per heavy atom. The van der Waals surface area contributed by atoms with E-state index in [4.69, 9.17) is 9.26 Å². The lowest BCUT2D eigenvalue weighted by Crippen LogP contribution is -2.40. The van der Waals surface area contributed by atoms with E-state index < -0.39 is 0 Å². The molecule has 2 atom stereocenters. The minimum atomic E-state index is -0.101. The number of nitrogens with one attached hydrogen (secondary N) is 1. The van der Waals surface area contributed by atoms with Crippen LogP contribution in [0.2, 0.25) is 0 Å². The highest BCUT2D eigenvalue weighted by Gasteiger charge is 2.33. The van der Waals surface area contributed by atoms with Crippen molar-refractivity contribution in [3.05, 3.63) is 17.5 Å². The molecule has 132 valence electrons. The normalized spacial score (nSPS) is 29.0. The van der Waals surface area contributed by atoms with Crippen LogP contribution in [-0.4, -0.2) is 54.9 Å². The van der Waals surface area contributed by atoms with Gasteiger partial charge in [-0.2, -0.15) is 0 Å². The lowest BCUT2D eigenvalue weighted by molar-refractivity contribution is 0.0550. The summed E-state index contributed by atoms with van der Waals surface area (Å²) in [6.07, 6.45) is 4.61. The zero-order valence-corrected chi connectivity index (χ0v) is 14.4. The van der Waals surface area contributed by atoms with Crippen LogP contribution < -0.4 is 5.32 Å². The van der Waals surface area contributed by atoms with E-state index in [1.165, 1.54) is 0 Å². The number of nitrogens with zero attached hydrogens (tertiary/aromatic N) is 2. The van der Waals surface area contributed by atoms with Gasteiger partial charge in [0, 0.05) is 50.9 Å². The fraction of sp³-hybridized carbons (Fsp3) is 0.778. The lowest BCUT2D eigenvalue weighted by atomic mass is 10.00. The molecule has 6 nitrogen and oxygen atoms in total. The van der Waals surface area contributed by atoms with Crippen LogP contribution in [0.1, 0.15) is 54.8 Å². The van der Waals surface area contributed by atoms with E-state index in [0.717, 1.165) is 70.2 Å². The average Bonchev–Trinajstić information content (AvgIpc) is 3.21. The summed E-state index contributed by atoms with van der Waals surface area (Å²) in [5.74, 6) is 2.44. The van der Waals surface area contributed by atoms with Crippen LogP contribution in [0.5, 0.6) is 0 Å². The Labute approximate surface area is 142 Å². The molecule has 1 amide bonds. The summed E-state index contributed by atoms with van der Waals surface area (Å²) in [6.45, 7) is 7.10. The third-order valence-corrected chi connectivity index (χ3v) is 5.60. The zero-order valence-electron chi connectivity index (χ0n) is 14.4. The van der Waals surface area contributed by atoms with Crippen LogP contribution in [0.4, 0.5) is 0 Å². The van der Waals surface area contributed by atoms with Crippen LogP contribution in [0.3, 0.4) is 0 Å². The first kappa shape index (κ1) is 16.1. The number of likely N-dealkylation sites (tertiary alicyclic amines) is 1. The third kappa shape index (κ3) is 3.64. The molecular formula is C18H27N3O3. The van der Waals surface area contributed by atoms with Crippen molar-refractivity contribution in [3.8, 4) is 0 Å². The smallest absolute Gasteiger partial charge is 0.273 e. The largest absolute Gasteiger partial charge is 0.381 e. The summed E-state index contributed by atoms with van der Waals surface area (Å²) in [5, 5.41) is 7.10. The second-order valence-electron chi connectivity index (χ2n) is 7.72. The Kier molecular flexibility index (Phi) is 4.59. The van der Waals surface area contributed by atoms with Crippen LogP contribution in [-0.2, 0) is 4.74 Å². The van der Waals surface area contributed by atoms with Gasteiger partial charge in [-0.25, -0.2) is 0 Å². The van der Waals surface area contributed by atoms with Crippen molar-refractivity contribution in [2.75, 3.05) is 32.8 Å². The quantitative estimate of drug-likeness (QED) is 0.893. The van der Waals surface area contributed by atoms with Gasteiger partial charge in [0.05, 0.1) is 0 Å². The number of rotatable bonds is 5. The Morgan fingerprint density at radius 2 is 2.08 bits per heavy atom.